The second kappa shape index (κ2) is 9.91. The van der Waals surface area contributed by atoms with E-state index in [2.05, 4.69) is 4.98 Å². The minimum Gasteiger partial charge on any atom is -0.507 e. The van der Waals surface area contributed by atoms with Crippen LogP contribution < -0.4 is 4.74 Å². The SMILES string of the molecule is CCOc1cc(/C(O)=C2\C(=O)C(=O)N(CCCOC)C2c2c(C)[nH]c3ccccc23)ccc1Cl. The first-order chi connectivity index (χ1) is 16.4. The standard InChI is InChI=1S/C26H27ClN2O5/c1-4-34-20-14-16(10-11-18(20)27)24(30)22-23(29(12-7-13-33-3)26(32)25(22)31)21-15(2)28-19-9-6-5-8-17(19)21/h5-6,8-11,14,23,28,30H,4,7,12-13H2,1-3H3/b24-22+. The number of aryl methyl sites for hydroxylation is 1. The molecule has 4 rings (SSSR count). The van der Waals surface area contributed by atoms with E-state index < -0.39 is 17.7 Å². The van der Waals surface area contributed by atoms with Gasteiger partial charge in [-0.15, -0.1) is 0 Å². The summed E-state index contributed by atoms with van der Waals surface area (Å²) < 4.78 is 10.7. The highest BCUT2D eigenvalue weighted by Crippen LogP contribution is 2.44. The molecule has 1 fully saturated rings. The molecule has 0 bridgehead atoms. The van der Waals surface area contributed by atoms with Crippen molar-refractivity contribution < 1.29 is 24.2 Å². The summed E-state index contributed by atoms with van der Waals surface area (Å²) in [6.45, 7) is 4.87. The number of aromatic amines is 1. The molecule has 1 saturated heterocycles. The van der Waals surface area contributed by atoms with Crippen LogP contribution in [0.2, 0.25) is 5.02 Å². The molecule has 178 valence electrons. The van der Waals surface area contributed by atoms with Gasteiger partial charge in [0.15, 0.2) is 0 Å². The molecule has 2 N–H and O–H groups in total. The molecular weight excluding hydrogens is 456 g/mol. The molecule has 1 unspecified atom stereocenters. The normalized spacial score (nSPS) is 17.6. The Bertz CT molecular complexity index is 1280. The number of aliphatic hydroxyl groups excluding tert-OH is 1. The number of ether oxygens (including phenoxy) is 2. The molecule has 34 heavy (non-hydrogen) atoms. The van der Waals surface area contributed by atoms with Crippen molar-refractivity contribution in [2.24, 2.45) is 0 Å². The van der Waals surface area contributed by atoms with Gasteiger partial charge >= 0.3 is 0 Å². The Morgan fingerprint density at radius 3 is 2.71 bits per heavy atom. The Kier molecular flexibility index (Phi) is 6.95. The number of methoxy groups -OCH3 is 1. The Balaban J connectivity index is 1.92. The zero-order valence-electron chi connectivity index (χ0n) is 19.4. The topological polar surface area (TPSA) is 91.9 Å². The third-order valence-electron chi connectivity index (χ3n) is 6.01. The number of carbonyl (C=O) groups excluding carboxylic acids is 2. The zero-order chi connectivity index (χ0) is 24.4. The van der Waals surface area contributed by atoms with Gasteiger partial charge in [0.25, 0.3) is 11.7 Å². The van der Waals surface area contributed by atoms with Crippen LogP contribution in [-0.2, 0) is 14.3 Å². The Hall–Kier alpha value is -3.29. The fourth-order valence-corrected chi connectivity index (χ4v) is 4.69. The lowest BCUT2D eigenvalue weighted by atomic mass is 9.93. The predicted octanol–water partition coefficient (Wildman–Crippen LogP) is 4.99. The van der Waals surface area contributed by atoms with Crippen LogP contribution in [0.25, 0.3) is 16.7 Å². The maximum atomic E-state index is 13.3. The number of para-hydroxylation sites is 1. The Morgan fingerprint density at radius 2 is 1.97 bits per heavy atom. The molecule has 2 aromatic carbocycles. The number of aromatic nitrogens is 1. The van der Waals surface area contributed by atoms with Crippen LogP contribution in [0, 0.1) is 6.92 Å². The van der Waals surface area contributed by atoms with Gasteiger partial charge in [-0.05, 0) is 44.5 Å². The summed E-state index contributed by atoms with van der Waals surface area (Å²) in [4.78, 5) is 31.3. The van der Waals surface area contributed by atoms with Gasteiger partial charge in [-0.25, -0.2) is 0 Å². The maximum Gasteiger partial charge on any atom is 0.295 e. The number of H-pyrrole nitrogens is 1. The monoisotopic (exact) mass is 482 g/mol. The number of Topliss-reactive ketones (excluding diaryl/α,β-unsaturated/α-hetero) is 1. The van der Waals surface area contributed by atoms with E-state index in [-0.39, 0.29) is 11.3 Å². The van der Waals surface area contributed by atoms with Crippen molar-refractivity contribution in [1.29, 1.82) is 0 Å². The van der Waals surface area contributed by atoms with Gasteiger partial charge in [-0.1, -0.05) is 29.8 Å². The summed E-state index contributed by atoms with van der Waals surface area (Å²) in [7, 11) is 1.59. The number of halogens is 1. The lowest BCUT2D eigenvalue weighted by Gasteiger charge is -2.25. The largest absolute Gasteiger partial charge is 0.507 e. The molecule has 1 amide bonds. The van der Waals surface area contributed by atoms with E-state index in [1.165, 1.54) is 4.90 Å². The summed E-state index contributed by atoms with van der Waals surface area (Å²) in [5.74, 6) is -1.24. The third kappa shape index (κ3) is 4.17. The van der Waals surface area contributed by atoms with Crippen molar-refractivity contribution in [1.82, 2.24) is 9.88 Å². The third-order valence-corrected chi connectivity index (χ3v) is 6.32. The number of carbonyl (C=O) groups is 2. The van der Waals surface area contributed by atoms with Gasteiger partial charge < -0.3 is 24.5 Å². The molecule has 8 heteroatoms. The van der Waals surface area contributed by atoms with Crippen LogP contribution >= 0.6 is 11.6 Å². The summed E-state index contributed by atoms with van der Waals surface area (Å²) >= 11 is 6.21. The minimum absolute atomic E-state index is 0.0417. The molecule has 7 nitrogen and oxygen atoms in total. The predicted molar refractivity (Wildman–Crippen MR) is 131 cm³/mol. The van der Waals surface area contributed by atoms with Crippen molar-refractivity contribution >= 4 is 40.0 Å². The van der Waals surface area contributed by atoms with Crippen molar-refractivity contribution in [3.63, 3.8) is 0 Å². The number of aliphatic hydroxyl groups is 1. The summed E-state index contributed by atoms with van der Waals surface area (Å²) in [5.41, 5.74) is 2.89. The van der Waals surface area contributed by atoms with Gasteiger partial charge in [-0.3, -0.25) is 9.59 Å². The average molecular weight is 483 g/mol. The van der Waals surface area contributed by atoms with Crippen LogP contribution in [-0.4, -0.2) is 53.5 Å². The molecule has 0 radical (unpaired) electrons. The minimum atomic E-state index is -0.751. The first-order valence-electron chi connectivity index (χ1n) is 11.2. The fourth-order valence-electron chi connectivity index (χ4n) is 4.51. The van der Waals surface area contributed by atoms with E-state index in [1.54, 1.807) is 25.3 Å². The number of hydrogen-bond donors (Lipinski definition) is 2. The second-order valence-electron chi connectivity index (χ2n) is 8.13. The van der Waals surface area contributed by atoms with Gasteiger partial charge in [0.05, 0.1) is 23.2 Å². The van der Waals surface area contributed by atoms with Crippen LogP contribution in [0.15, 0.2) is 48.0 Å². The number of nitrogens with zero attached hydrogens (tertiary/aromatic N) is 1. The number of rotatable bonds is 8. The van der Waals surface area contributed by atoms with Gasteiger partial charge in [0.2, 0.25) is 0 Å². The van der Waals surface area contributed by atoms with E-state index >= 15 is 0 Å². The number of amides is 1. The van der Waals surface area contributed by atoms with Crippen LogP contribution in [0.3, 0.4) is 0 Å². The maximum absolute atomic E-state index is 13.3. The van der Waals surface area contributed by atoms with E-state index in [1.807, 2.05) is 38.1 Å². The highest BCUT2D eigenvalue weighted by molar-refractivity contribution is 6.46. The highest BCUT2D eigenvalue weighted by atomic mass is 35.5. The lowest BCUT2D eigenvalue weighted by Crippen LogP contribution is -2.31. The fraction of sp³-hybridized carbons (Fsp3) is 0.308. The molecule has 2 heterocycles. The number of benzene rings is 2. The Morgan fingerprint density at radius 1 is 1.21 bits per heavy atom. The summed E-state index contributed by atoms with van der Waals surface area (Å²) in [6, 6.07) is 11.7. The number of fused-ring (bicyclic) bond motifs is 1. The number of nitrogens with one attached hydrogen (secondary N) is 1. The first-order valence-corrected chi connectivity index (χ1v) is 11.5. The van der Waals surface area contributed by atoms with Crippen LogP contribution in [0.5, 0.6) is 5.75 Å². The molecule has 3 aromatic rings. The van der Waals surface area contributed by atoms with Crippen molar-refractivity contribution in [2.75, 3.05) is 26.9 Å². The zero-order valence-corrected chi connectivity index (χ0v) is 20.1. The van der Waals surface area contributed by atoms with E-state index in [0.29, 0.717) is 42.5 Å². The van der Waals surface area contributed by atoms with Gasteiger partial charge in [0, 0.05) is 48.0 Å². The van der Waals surface area contributed by atoms with E-state index in [9.17, 15) is 14.7 Å². The molecule has 0 saturated carbocycles. The number of hydrogen-bond acceptors (Lipinski definition) is 5. The molecule has 1 atom stereocenters. The summed E-state index contributed by atoms with van der Waals surface area (Å²) in [5, 5.41) is 12.6. The first kappa shape index (κ1) is 23.9. The lowest BCUT2D eigenvalue weighted by molar-refractivity contribution is -0.140. The van der Waals surface area contributed by atoms with Gasteiger partial charge in [0.1, 0.15) is 11.5 Å². The van der Waals surface area contributed by atoms with Crippen LogP contribution in [0.4, 0.5) is 0 Å². The second-order valence-corrected chi connectivity index (χ2v) is 8.53. The summed E-state index contributed by atoms with van der Waals surface area (Å²) in [6.07, 6.45) is 0.552. The molecule has 1 aliphatic heterocycles. The van der Waals surface area contributed by atoms with Crippen molar-refractivity contribution in [3.8, 4) is 5.75 Å². The average Bonchev–Trinajstić information content (AvgIpc) is 3.28. The van der Waals surface area contributed by atoms with Crippen LogP contribution in [0.1, 0.15) is 36.2 Å². The molecular formula is C26H27ClN2O5. The van der Waals surface area contributed by atoms with Crippen molar-refractivity contribution in [3.05, 3.63) is 69.9 Å². The molecule has 0 spiro atoms. The number of ketones is 1. The molecule has 0 aliphatic carbocycles. The smallest absolute Gasteiger partial charge is 0.295 e. The van der Waals surface area contributed by atoms with Gasteiger partial charge in [-0.2, -0.15) is 0 Å². The molecule has 1 aromatic heterocycles. The van der Waals surface area contributed by atoms with Crippen molar-refractivity contribution in [2.45, 2.75) is 26.3 Å². The van der Waals surface area contributed by atoms with E-state index in [0.717, 1.165) is 22.2 Å². The van der Waals surface area contributed by atoms with E-state index in [4.69, 9.17) is 21.1 Å². The quantitative estimate of drug-likeness (QED) is 0.204. The molecule has 1 aliphatic rings. The highest BCUT2D eigenvalue weighted by Gasteiger charge is 2.47. The number of likely N-dealkylation sites (tertiary alicyclic amines) is 1. The Labute approximate surface area is 202 Å².